The molecule has 0 unspecified atom stereocenters. The predicted octanol–water partition coefficient (Wildman–Crippen LogP) is 10.4. The van der Waals surface area contributed by atoms with Crippen LogP contribution in [0.15, 0.2) is 133 Å². The summed E-state index contributed by atoms with van der Waals surface area (Å²) in [6.45, 7) is 4.55. The number of aryl methyl sites for hydroxylation is 1. The Hall–Kier alpha value is -5.28. The molecule has 42 heavy (non-hydrogen) atoms. The maximum Gasteiger partial charge on any atom is 0.108 e. The molecule has 7 aromatic rings. The van der Waals surface area contributed by atoms with E-state index in [2.05, 4.69) is 162 Å². The third-order valence-electron chi connectivity index (χ3n) is 9.22. The second kappa shape index (κ2) is 8.61. The number of anilines is 4. The average molecular weight is 540 g/mol. The molecule has 2 aliphatic rings. The number of hydrogen-bond donors (Lipinski definition) is 0. The van der Waals surface area contributed by atoms with Gasteiger partial charge in [0.2, 0.25) is 0 Å². The van der Waals surface area contributed by atoms with Crippen LogP contribution in [-0.4, -0.2) is 10.7 Å². The van der Waals surface area contributed by atoms with Gasteiger partial charge in [0.1, 0.15) is 6.17 Å². The molecule has 200 valence electrons. The molecule has 0 spiro atoms. The molecule has 0 N–H and O–H groups in total. The smallest absolute Gasteiger partial charge is 0.108 e. The van der Waals surface area contributed by atoms with E-state index in [0.29, 0.717) is 0 Å². The van der Waals surface area contributed by atoms with Crippen LogP contribution in [-0.2, 0) is 0 Å². The molecule has 0 radical (unpaired) electrons. The molecule has 0 saturated heterocycles. The molecule has 9 rings (SSSR count). The van der Waals surface area contributed by atoms with Crippen molar-refractivity contribution < 1.29 is 0 Å². The number of para-hydroxylation sites is 6. The van der Waals surface area contributed by atoms with Crippen LogP contribution >= 0.6 is 0 Å². The molecule has 0 amide bonds. The highest BCUT2D eigenvalue weighted by Crippen LogP contribution is 2.56. The van der Waals surface area contributed by atoms with Gasteiger partial charge in [-0.1, -0.05) is 103 Å². The van der Waals surface area contributed by atoms with Gasteiger partial charge in [-0.05, 0) is 60.9 Å². The van der Waals surface area contributed by atoms with E-state index in [1.165, 1.54) is 78.1 Å². The minimum absolute atomic E-state index is 0.0579. The summed E-state index contributed by atoms with van der Waals surface area (Å²) in [4.78, 5) is 5.08. The molecule has 2 aliphatic heterocycles. The van der Waals surface area contributed by atoms with E-state index >= 15 is 0 Å². The SMILES string of the molecule is Cc1ccccc1N1c2cccc3c2N(c2ccccc2-n2c4ccccc4c4cccc(c42)-c2ccccc2-3)[C@@H]1C. The Kier molecular flexibility index (Phi) is 4.80. The lowest BCUT2D eigenvalue weighted by molar-refractivity contribution is 0.758. The van der Waals surface area contributed by atoms with Crippen molar-refractivity contribution >= 4 is 44.6 Å². The summed E-state index contributed by atoms with van der Waals surface area (Å²) in [6.07, 6.45) is 0.0579. The Balaban J connectivity index is 1.50. The maximum absolute atomic E-state index is 2.57. The van der Waals surface area contributed by atoms with Gasteiger partial charge in [-0.2, -0.15) is 0 Å². The van der Waals surface area contributed by atoms with Gasteiger partial charge in [0.25, 0.3) is 0 Å². The van der Waals surface area contributed by atoms with Crippen molar-refractivity contribution in [1.29, 1.82) is 0 Å². The van der Waals surface area contributed by atoms with Gasteiger partial charge in [0.05, 0.1) is 33.8 Å². The molecule has 3 heteroatoms. The van der Waals surface area contributed by atoms with Crippen molar-refractivity contribution in [1.82, 2.24) is 4.57 Å². The second-order valence-electron chi connectivity index (χ2n) is 11.4. The van der Waals surface area contributed by atoms with E-state index in [4.69, 9.17) is 0 Å². The summed E-state index contributed by atoms with van der Waals surface area (Å²) in [7, 11) is 0. The van der Waals surface area contributed by atoms with E-state index in [0.717, 1.165) is 0 Å². The van der Waals surface area contributed by atoms with Gasteiger partial charge in [0, 0.05) is 27.6 Å². The molecule has 0 fully saturated rings. The zero-order chi connectivity index (χ0) is 27.9. The fourth-order valence-electron chi connectivity index (χ4n) is 7.48. The van der Waals surface area contributed by atoms with E-state index in [9.17, 15) is 0 Å². The lowest BCUT2D eigenvalue weighted by Crippen LogP contribution is -2.36. The van der Waals surface area contributed by atoms with E-state index in [1.807, 2.05) is 0 Å². The highest BCUT2D eigenvalue weighted by Gasteiger charge is 2.39. The van der Waals surface area contributed by atoms with Crippen molar-refractivity contribution in [3.8, 4) is 27.9 Å². The Labute approximate surface area is 245 Å². The highest BCUT2D eigenvalue weighted by atomic mass is 15.4. The third kappa shape index (κ3) is 3.00. The van der Waals surface area contributed by atoms with Gasteiger partial charge >= 0.3 is 0 Å². The van der Waals surface area contributed by atoms with Gasteiger partial charge in [0.15, 0.2) is 0 Å². The Bertz CT molecular complexity index is 2200. The molecule has 0 saturated carbocycles. The summed E-state index contributed by atoms with van der Waals surface area (Å²) in [5.41, 5.74) is 14.9. The third-order valence-corrected chi connectivity index (χ3v) is 9.22. The van der Waals surface area contributed by atoms with Gasteiger partial charge < -0.3 is 14.4 Å². The number of rotatable bonds is 1. The summed E-state index contributed by atoms with van der Waals surface area (Å²) < 4.78 is 2.50. The van der Waals surface area contributed by atoms with Crippen LogP contribution in [0.2, 0.25) is 0 Å². The first-order chi connectivity index (χ1) is 20.7. The summed E-state index contributed by atoms with van der Waals surface area (Å²) in [5.74, 6) is 0. The standard InChI is InChI=1S/C39H29N3/c1-25-13-3-7-20-33(25)40-26(2)41-35-22-9-10-23-36(35)42-34-21-8-6-16-29(34)32-18-11-17-30(38(32)42)27-14-4-5-15-28(27)31-19-12-24-37(40)39(31)41/h3-24,26H,1-2H3/t26-/m1/s1. The molecule has 0 aliphatic carbocycles. The molecule has 1 atom stereocenters. The van der Waals surface area contributed by atoms with Crippen molar-refractivity contribution in [3.63, 3.8) is 0 Å². The number of benzene rings is 6. The van der Waals surface area contributed by atoms with Crippen LogP contribution < -0.4 is 9.80 Å². The van der Waals surface area contributed by atoms with Crippen LogP contribution in [0, 0.1) is 6.92 Å². The molecule has 1 aromatic heterocycles. The Morgan fingerprint density at radius 2 is 1.02 bits per heavy atom. The average Bonchev–Trinajstić information content (AvgIpc) is 3.53. The van der Waals surface area contributed by atoms with Crippen LogP contribution in [0.5, 0.6) is 0 Å². The van der Waals surface area contributed by atoms with Crippen molar-refractivity contribution in [2.75, 3.05) is 9.80 Å². The zero-order valence-electron chi connectivity index (χ0n) is 23.6. The Morgan fingerprint density at radius 3 is 1.86 bits per heavy atom. The lowest BCUT2D eigenvalue weighted by Gasteiger charge is -2.33. The van der Waals surface area contributed by atoms with E-state index in [1.54, 1.807) is 0 Å². The topological polar surface area (TPSA) is 11.4 Å². The quantitative estimate of drug-likeness (QED) is 0.206. The van der Waals surface area contributed by atoms with Crippen LogP contribution in [0.4, 0.5) is 22.7 Å². The predicted molar refractivity (Wildman–Crippen MR) is 177 cm³/mol. The number of fused-ring (bicyclic) bond motifs is 9. The monoisotopic (exact) mass is 539 g/mol. The fraction of sp³-hybridized carbons (Fsp3) is 0.0769. The van der Waals surface area contributed by atoms with E-state index < -0.39 is 0 Å². The van der Waals surface area contributed by atoms with Gasteiger partial charge in [-0.25, -0.2) is 0 Å². The molecular weight excluding hydrogens is 510 g/mol. The van der Waals surface area contributed by atoms with Crippen LogP contribution in [0.1, 0.15) is 12.5 Å². The lowest BCUT2D eigenvalue weighted by atomic mass is 9.91. The van der Waals surface area contributed by atoms with Crippen molar-refractivity contribution in [2.45, 2.75) is 20.0 Å². The fourth-order valence-corrected chi connectivity index (χ4v) is 7.48. The second-order valence-corrected chi connectivity index (χ2v) is 11.4. The number of aromatic nitrogens is 1. The van der Waals surface area contributed by atoms with Crippen molar-refractivity contribution in [2.24, 2.45) is 0 Å². The molecular formula is C39H29N3. The normalized spacial score (nSPS) is 15.0. The summed E-state index contributed by atoms with van der Waals surface area (Å²) >= 11 is 0. The number of nitrogens with zero attached hydrogens (tertiary/aromatic N) is 3. The minimum atomic E-state index is 0.0579. The van der Waals surface area contributed by atoms with Crippen LogP contribution in [0.25, 0.3) is 49.7 Å². The molecule has 3 heterocycles. The van der Waals surface area contributed by atoms with Crippen molar-refractivity contribution in [3.05, 3.63) is 139 Å². The number of hydrogen-bond acceptors (Lipinski definition) is 2. The highest BCUT2D eigenvalue weighted by molar-refractivity contribution is 6.16. The first-order valence-electron chi connectivity index (χ1n) is 14.7. The van der Waals surface area contributed by atoms with Gasteiger partial charge in [-0.3, -0.25) is 0 Å². The first-order valence-corrected chi connectivity index (χ1v) is 14.7. The first kappa shape index (κ1) is 23.4. The molecule has 3 nitrogen and oxygen atoms in total. The zero-order valence-corrected chi connectivity index (χ0v) is 23.6. The minimum Gasteiger partial charge on any atom is -0.318 e. The Morgan fingerprint density at radius 1 is 0.452 bits per heavy atom. The van der Waals surface area contributed by atoms with Gasteiger partial charge in [-0.15, -0.1) is 0 Å². The largest absolute Gasteiger partial charge is 0.318 e. The summed E-state index contributed by atoms with van der Waals surface area (Å²) in [6, 6.07) is 49.1. The molecule has 6 aromatic carbocycles. The molecule has 0 bridgehead atoms. The van der Waals surface area contributed by atoms with Crippen LogP contribution in [0.3, 0.4) is 0 Å². The van der Waals surface area contributed by atoms with E-state index in [-0.39, 0.29) is 6.17 Å². The summed E-state index contributed by atoms with van der Waals surface area (Å²) in [5, 5.41) is 2.55. The maximum atomic E-state index is 2.57.